The van der Waals surface area contributed by atoms with E-state index in [1.54, 1.807) is 48.3 Å². The number of carboxylic acids is 1. The lowest BCUT2D eigenvalue weighted by Crippen LogP contribution is -2.50. The molecule has 0 radical (unpaired) electrons. The van der Waals surface area contributed by atoms with Gasteiger partial charge in [-0.3, -0.25) is 9.59 Å². The third-order valence-electron chi connectivity index (χ3n) is 4.42. The largest absolute Gasteiger partial charge is 0.497 e. The third kappa shape index (κ3) is 9.52. The van der Waals surface area contributed by atoms with Crippen molar-refractivity contribution in [3.05, 3.63) is 29.8 Å². The third-order valence-corrected chi connectivity index (χ3v) is 4.42. The molecule has 1 aromatic carbocycles. The summed E-state index contributed by atoms with van der Waals surface area (Å²) in [4.78, 5) is 37.7. The summed E-state index contributed by atoms with van der Waals surface area (Å²) in [5.74, 6) is -2.32. The molecule has 1 saturated heterocycles. The van der Waals surface area contributed by atoms with E-state index in [0.29, 0.717) is 44.0 Å². The van der Waals surface area contributed by atoms with Crippen molar-refractivity contribution < 1.29 is 42.1 Å². The van der Waals surface area contributed by atoms with Crippen LogP contribution in [0, 0.1) is 0 Å². The van der Waals surface area contributed by atoms with Gasteiger partial charge >= 0.3 is 12.1 Å². The number of methoxy groups -OCH3 is 2. The number of hydrogen-bond donors (Lipinski definition) is 2. The Labute approximate surface area is 184 Å². The van der Waals surface area contributed by atoms with Gasteiger partial charge in [0, 0.05) is 52.0 Å². The van der Waals surface area contributed by atoms with Gasteiger partial charge in [-0.2, -0.15) is 13.2 Å². The Morgan fingerprint density at radius 3 is 2.34 bits per heavy atom. The van der Waals surface area contributed by atoms with Crippen molar-refractivity contribution in [3.63, 3.8) is 0 Å². The lowest BCUT2D eigenvalue weighted by Gasteiger charge is -2.30. The molecular weight excluding hydrogens is 435 g/mol. The van der Waals surface area contributed by atoms with Crippen molar-refractivity contribution in [2.24, 2.45) is 0 Å². The molecule has 1 fully saturated rings. The zero-order chi connectivity index (χ0) is 24.1. The first kappa shape index (κ1) is 27.2. The second-order valence-electron chi connectivity index (χ2n) is 6.74. The molecule has 180 valence electrons. The van der Waals surface area contributed by atoms with Crippen LogP contribution in [0.2, 0.25) is 0 Å². The lowest BCUT2D eigenvalue weighted by atomic mass is 10.1. The highest BCUT2D eigenvalue weighted by Gasteiger charge is 2.38. The number of benzene rings is 1. The zero-order valence-electron chi connectivity index (χ0n) is 18.0. The Kier molecular flexibility index (Phi) is 11.5. The van der Waals surface area contributed by atoms with E-state index in [4.69, 9.17) is 19.4 Å². The first-order chi connectivity index (χ1) is 15.1. The zero-order valence-corrected chi connectivity index (χ0v) is 18.0. The van der Waals surface area contributed by atoms with Gasteiger partial charge in [0.15, 0.2) is 0 Å². The van der Waals surface area contributed by atoms with Gasteiger partial charge in [-0.25, -0.2) is 4.79 Å². The van der Waals surface area contributed by atoms with Crippen molar-refractivity contribution in [1.29, 1.82) is 0 Å². The fourth-order valence-electron chi connectivity index (χ4n) is 2.77. The maximum Gasteiger partial charge on any atom is 0.490 e. The number of ether oxygens (including phenoxy) is 2. The van der Waals surface area contributed by atoms with Crippen LogP contribution >= 0.6 is 0 Å². The number of rotatable bonds is 8. The van der Waals surface area contributed by atoms with Crippen LogP contribution in [0.1, 0.15) is 16.8 Å². The molecule has 0 bridgehead atoms. The maximum atomic E-state index is 12.9. The molecule has 1 aromatic rings. The highest BCUT2D eigenvalue weighted by atomic mass is 19.4. The van der Waals surface area contributed by atoms with Crippen LogP contribution in [-0.2, 0) is 14.3 Å². The molecule has 0 atom stereocenters. The Bertz CT molecular complexity index is 754. The smallest absolute Gasteiger partial charge is 0.490 e. The molecule has 2 N–H and O–H groups in total. The maximum absolute atomic E-state index is 12.9. The molecule has 0 spiro atoms. The van der Waals surface area contributed by atoms with E-state index in [2.05, 4.69) is 5.32 Å². The number of piperazine rings is 1. The van der Waals surface area contributed by atoms with Gasteiger partial charge in [-0.1, -0.05) is 6.07 Å². The van der Waals surface area contributed by atoms with Crippen LogP contribution in [0.5, 0.6) is 5.75 Å². The van der Waals surface area contributed by atoms with E-state index >= 15 is 0 Å². The Morgan fingerprint density at radius 2 is 1.81 bits per heavy atom. The molecule has 12 heteroatoms. The molecule has 1 heterocycles. The van der Waals surface area contributed by atoms with Gasteiger partial charge in [0.25, 0.3) is 5.91 Å². The number of carbonyl (C=O) groups is 3. The van der Waals surface area contributed by atoms with Crippen molar-refractivity contribution in [2.75, 3.05) is 60.1 Å². The van der Waals surface area contributed by atoms with Gasteiger partial charge in [-0.15, -0.1) is 0 Å². The monoisotopic (exact) mass is 463 g/mol. The Hall–Kier alpha value is -2.86. The summed E-state index contributed by atoms with van der Waals surface area (Å²) >= 11 is 0. The topological polar surface area (TPSA) is 108 Å². The van der Waals surface area contributed by atoms with Gasteiger partial charge in [-0.05, 0) is 24.6 Å². The van der Waals surface area contributed by atoms with Gasteiger partial charge in [0.05, 0.1) is 7.11 Å². The number of nitrogens with zero attached hydrogens (tertiary/aromatic N) is 2. The number of nitrogens with one attached hydrogen (secondary N) is 1. The SMILES string of the molecule is COCCCN(CC(=O)N1CCNCC1)C(=O)c1cccc(OC)c1.O=C(O)C(F)(F)F. The number of carbonyl (C=O) groups excluding carboxylic acids is 2. The predicted molar refractivity (Wildman–Crippen MR) is 109 cm³/mol. The van der Waals surface area contributed by atoms with Crippen molar-refractivity contribution in [3.8, 4) is 5.75 Å². The molecule has 0 aliphatic carbocycles. The van der Waals surface area contributed by atoms with E-state index in [1.165, 1.54) is 0 Å². The molecule has 2 rings (SSSR count). The van der Waals surface area contributed by atoms with E-state index < -0.39 is 12.1 Å². The minimum absolute atomic E-state index is 0.0184. The quantitative estimate of drug-likeness (QED) is 0.559. The summed E-state index contributed by atoms with van der Waals surface area (Å²) in [6, 6.07) is 7.00. The highest BCUT2D eigenvalue weighted by Crippen LogP contribution is 2.15. The average molecular weight is 463 g/mol. The fourth-order valence-corrected chi connectivity index (χ4v) is 2.77. The minimum atomic E-state index is -5.08. The molecule has 0 saturated carbocycles. The molecule has 0 unspecified atom stereocenters. The summed E-state index contributed by atoms with van der Waals surface area (Å²) in [5, 5.41) is 10.3. The molecule has 1 aliphatic rings. The highest BCUT2D eigenvalue weighted by molar-refractivity contribution is 5.96. The van der Waals surface area contributed by atoms with E-state index in [0.717, 1.165) is 13.1 Å². The van der Waals surface area contributed by atoms with Crippen LogP contribution in [0.15, 0.2) is 24.3 Å². The molecular formula is C20H28F3N3O6. The first-order valence-corrected chi connectivity index (χ1v) is 9.81. The number of alkyl halides is 3. The predicted octanol–water partition coefficient (Wildman–Crippen LogP) is 1.24. The second kappa shape index (κ2) is 13.5. The lowest BCUT2D eigenvalue weighted by molar-refractivity contribution is -0.192. The van der Waals surface area contributed by atoms with Crippen LogP contribution in [0.4, 0.5) is 13.2 Å². The number of halogens is 3. The summed E-state index contributed by atoms with van der Waals surface area (Å²) in [6.07, 6.45) is -4.40. The second-order valence-corrected chi connectivity index (χ2v) is 6.74. The van der Waals surface area contributed by atoms with Crippen molar-refractivity contribution in [2.45, 2.75) is 12.6 Å². The van der Waals surface area contributed by atoms with Gasteiger partial charge in [0.1, 0.15) is 12.3 Å². The molecule has 32 heavy (non-hydrogen) atoms. The minimum Gasteiger partial charge on any atom is -0.497 e. The number of hydrogen-bond acceptors (Lipinski definition) is 6. The van der Waals surface area contributed by atoms with Crippen LogP contribution in [-0.4, -0.2) is 99.0 Å². The molecule has 1 aliphatic heterocycles. The van der Waals surface area contributed by atoms with Gasteiger partial charge in [0.2, 0.25) is 5.91 Å². The van der Waals surface area contributed by atoms with Crippen molar-refractivity contribution >= 4 is 17.8 Å². The molecule has 0 aromatic heterocycles. The molecule has 2 amide bonds. The summed E-state index contributed by atoms with van der Waals surface area (Å²) in [7, 11) is 3.19. The summed E-state index contributed by atoms with van der Waals surface area (Å²) in [5.41, 5.74) is 0.518. The summed E-state index contributed by atoms with van der Waals surface area (Å²) < 4.78 is 42.0. The summed E-state index contributed by atoms with van der Waals surface area (Å²) in [6.45, 7) is 4.04. The first-order valence-electron chi connectivity index (χ1n) is 9.81. The number of aliphatic carboxylic acids is 1. The van der Waals surface area contributed by atoms with Crippen LogP contribution < -0.4 is 10.1 Å². The van der Waals surface area contributed by atoms with E-state index in [-0.39, 0.29) is 18.4 Å². The molecule has 9 nitrogen and oxygen atoms in total. The Balaban J connectivity index is 0.000000633. The number of amides is 2. The van der Waals surface area contributed by atoms with Crippen LogP contribution in [0.25, 0.3) is 0 Å². The number of carboxylic acid groups (broad SMARTS) is 1. The van der Waals surface area contributed by atoms with E-state index in [9.17, 15) is 22.8 Å². The van der Waals surface area contributed by atoms with Gasteiger partial charge < -0.3 is 29.7 Å². The average Bonchev–Trinajstić information content (AvgIpc) is 2.78. The fraction of sp³-hybridized carbons (Fsp3) is 0.550. The van der Waals surface area contributed by atoms with Crippen molar-refractivity contribution in [1.82, 2.24) is 15.1 Å². The normalized spacial score (nSPS) is 13.6. The van der Waals surface area contributed by atoms with Crippen LogP contribution in [0.3, 0.4) is 0 Å². The van der Waals surface area contributed by atoms with E-state index in [1.807, 2.05) is 0 Å². The standard InChI is InChI=1S/C18H27N3O4.C2HF3O2/c1-24-12-4-9-21(14-17(22)20-10-7-19-8-11-20)18(23)15-5-3-6-16(13-15)25-2;3-2(4,5)1(6)7/h3,5-6,13,19H,4,7-12,14H2,1-2H3;(H,6,7). The Morgan fingerprint density at radius 1 is 1.19 bits per heavy atom.